The highest BCUT2D eigenvalue weighted by Crippen LogP contribution is 2.60. The van der Waals surface area contributed by atoms with Gasteiger partial charge in [0, 0.05) is 21.7 Å². The summed E-state index contributed by atoms with van der Waals surface area (Å²) < 4.78 is 0. The summed E-state index contributed by atoms with van der Waals surface area (Å²) in [5, 5.41) is 0.701. The predicted octanol–water partition coefficient (Wildman–Crippen LogP) is 7.99. The fourth-order valence-corrected chi connectivity index (χ4v) is 7.51. The van der Waals surface area contributed by atoms with Crippen LogP contribution in [-0.2, 0) is 5.41 Å². The van der Waals surface area contributed by atoms with Crippen molar-refractivity contribution in [2.45, 2.75) is 43.9 Å². The topological polar surface area (TPSA) is 38.7 Å². The number of benzene rings is 3. The van der Waals surface area contributed by atoms with Crippen molar-refractivity contribution in [3.05, 3.63) is 89.4 Å². The number of rotatable bonds is 4. The summed E-state index contributed by atoms with van der Waals surface area (Å²) in [7, 11) is 0. The van der Waals surface area contributed by atoms with Crippen LogP contribution >= 0.6 is 11.6 Å². The standard InChI is InChI=1S/C31H28ClN3/c32-27-12-8-25(9-13-27)30-34-28(23-4-2-1-3-5-23)33-29(35-30)24-6-10-26(11-7-24)31-17-20-14-21(18-31)16-22(15-20)19-31/h1-13,20-22H,14-19H2. The van der Waals surface area contributed by atoms with Crippen molar-refractivity contribution >= 4 is 11.6 Å². The first-order valence-electron chi connectivity index (χ1n) is 12.8. The van der Waals surface area contributed by atoms with Crippen LogP contribution in [0.4, 0.5) is 0 Å². The maximum Gasteiger partial charge on any atom is 0.164 e. The van der Waals surface area contributed by atoms with E-state index in [0.717, 1.165) is 34.4 Å². The summed E-state index contributed by atoms with van der Waals surface area (Å²) >= 11 is 6.13. The van der Waals surface area contributed by atoms with E-state index in [2.05, 4.69) is 24.3 Å². The molecule has 4 saturated carbocycles. The molecule has 1 aromatic heterocycles. The second-order valence-corrected chi connectivity index (χ2v) is 11.4. The fourth-order valence-electron chi connectivity index (χ4n) is 7.39. The lowest BCUT2D eigenvalue weighted by molar-refractivity contribution is -0.00518. The number of aromatic nitrogens is 3. The maximum absolute atomic E-state index is 6.13. The van der Waals surface area contributed by atoms with Crippen molar-refractivity contribution < 1.29 is 0 Å². The molecule has 0 amide bonds. The Hall–Kier alpha value is -3.04. The van der Waals surface area contributed by atoms with Gasteiger partial charge in [-0.3, -0.25) is 0 Å². The second-order valence-electron chi connectivity index (χ2n) is 11.0. The minimum Gasteiger partial charge on any atom is -0.208 e. The van der Waals surface area contributed by atoms with E-state index in [9.17, 15) is 0 Å². The van der Waals surface area contributed by atoms with Crippen LogP contribution in [0.5, 0.6) is 0 Å². The molecule has 8 rings (SSSR count). The van der Waals surface area contributed by atoms with Gasteiger partial charge in [-0.25, -0.2) is 15.0 Å². The summed E-state index contributed by atoms with van der Waals surface area (Å²) in [6.07, 6.45) is 8.54. The summed E-state index contributed by atoms with van der Waals surface area (Å²) in [6, 6.07) is 27.0. The van der Waals surface area contributed by atoms with E-state index in [4.69, 9.17) is 26.6 Å². The zero-order chi connectivity index (χ0) is 23.4. The Morgan fingerprint density at radius 3 is 1.46 bits per heavy atom. The molecular weight excluding hydrogens is 450 g/mol. The molecule has 3 aromatic carbocycles. The lowest BCUT2D eigenvalue weighted by Gasteiger charge is -2.57. The molecule has 0 saturated heterocycles. The average Bonchev–Trinajstić information content (AvgIpc) is 2.89. The molecule has 35 heavy (non-hydrogen) atoms. The number of halogens is 1. The van der Waals surface area contributed by atoms with Crippen LogP contribution in [0, 0.1) is 17.8 Å². The SMILES string of the molecule is Clc1ccc(-c2nc(-c3ccccc3)nc(-c3ccc(C45CC6CC(CC(C6)C4)C5)cc3)n2)cc1. The summed E-state index contributed by atoms with van der Waals surface area (Å²) in [5.74, 6) is 4.89. The van der Waals surface area contributed by atoms with Gasteiger partial charge in [0.05, 0.1) is 0 Å². The lowest BCUT2D eigenvalue weighted by Crippen LogP contribution is -2.48. The zero-order valence-corrected chi connectivity index (χ0v) is 20.5. The molecule has 4 bridgehead atoms. The minimum absolute atomic E-state index is 0.399. The Morgan fingerprint density at radius 1 is 0.543 bits per heavy atom. The summed E-state index contributed by atoms with van der Waals surface area (Å²) in [5.41, 5.74) is 4.87. The molecule has 0 radical (unpaired) electrons. The van der Waals surface area contributed by atoms with Gasteiger partial charge in [-0.1, -0.05) is 66.2 Å². The van der Waals surface area contributed by atoms with Gasteiger partial charge in [0.15, 0.2) is 17.5 Å². The molecule has 0 N–H and O–H groups in total. The fraction of sp³-hybridized carbons (Fsp3) is 0.323. The van der Waals surface area contributed by atoms with Gasteiger partial charge in [-0.05, 0) is 91.5 Å². The van der Waals surface area contributed by atoms with Gasteiger partial charge in [-0.15, -0.1) is 0 Å². The Bertz CT molecular complexity index is 1330. The van der Waals surface area contributed by atoms with Gasteiger partial charge in [-0.2, -0.15) is 0 Å². The number of nitrogens with zero attached hydrogens (tertiary/aromatic N) is 3. The predicted molar refractivity (Wildman–Crippen MR) is 141 cm³/mol. The van der Waals surface area contributed by atoms with E-state index in [1.54, 1.807) is 0 Å². The third kappa shape index (κ3) is 3.87. The smallest absolute Gasteiger partial charge is 0.164 e. The molecule has 4 aromatic rings. The van der Waals surface area contributed by atoms with Crippen molar-refractivity contribution in [3.63, 3.8) is 0 Å². The normalized spacial score (nSPS) is 26.7. The molecule has 0 spiro atoms. The largest absolute Gasteiger partial charge is 0.208 e. The molecule has 4 heteroatoms. The van der Waals surface area contributed by atoms with E-state index in [0.29, 0.717) is 27.9 Å². The highest BCUT2D eigenvalue weighted by atomic mass is 35.5. The quantitative estimate of drug-likeness (QED) is 0.299. The number of hydrogen-bond acceptors (Lipinski definition) is 3. The average molecular weight is 478 g/mol. The van der Waals surface area contributed by atoms with Crippen LogP contribution < -0.4 is 0 Å². The van der Waals surface area contributed by atoms with Crippen molar-refractivity contribution in [1.82, 2.24) is 15.0 Å². The van der Waals surface area contributed by atoms with Gasteiger partial charge in [0.1, 0.15) is 0 Å². The monoisotopic (exact) mass is 477 g/mol. The molecule has 0 unspecified atom stereocenters. The van der Waals surface area contributed by atoms with Crippen LogP contribution in [0.3, 0.4) is 0 Å². The Balaban J connectivity index is 1.28. The minimum atomic E-state index is 0.399. The first-order valence-corrected chi connectivity index (χ1v) is 13.2. The molecule has 3 nitrogen and oxygen atoms in total. The first kappa shape index (κ1) is 21.3. The maximum atomic E-state index is 6.13. The summed E-state index contributed by atoms with van der Waals surface area (Å²) in [6.45, 7) is 0. The molecular formula is C31H28ClN3. The number of hydrogen-bond donors (Lipinski definition) is 0. The van der Waals surface area contributed by atoms with Crippen LogP contribution in [0.25, 0.3) is 34.2 Å². The van der Waals surface area contributed by atoms with Gasteiger partial charge >= 0.3 is 0 Å². The first-order chi connectivity index (χ1) is 17.1. The van der Waals surface area contributed by atoms with Gasteiger partial charge in [0.2, 0.25) is 0 Å². The van der Waals surface area contributed by atoms with Gasteiger partial charge in [0.25, 0.3) is 0 Å². The zero-order valence-electron chi connectivity index (χ0n) is 19.7. The third-order valence-electron chi connectivity index (χ3n) is 8.56. The van der Waals surface area contributed by atoms with Crippen molar-refractivity contribution in [3.8, 4) is 34.2 Å². The highest BCUT2D eigenvalue weighted by molar-refractivity contribution is 6.30. The lowest BCUT2D eigenvalue weighted by atomic mass is 9.48. The Labute approximate surface area is 211 Å². The Kier molecular flexibility index (Phi) is 5.02. The molecule has 0 aliphatic heterocycles. The molecule has 4 aliphatic carbocycles. The van der Waals surface area contributed by atoms with Crippen molar-refractivity contribution in [1.29, 1.82) is 0 Å². The molecule has 4 fully saturated rings. The van der Waals surface area contributed by atoms with Crippen LogP contribution in [-0.4, -0.2) is 15.0 Å². The van der Waals surface area contributed by atoms with E-state index in [-0.39, 0.29) is 0 Å². The molecule has 174 valence electrons. The van der Waals surface area contributed by atoms with E-state index < -0.39 is 0 Å². The van der Waals surface area contributed by atoms with Gasteiger partial charge < -0.3 is 0 Å². The molecule has 1 heterocycles. The van der Waals surface area contributed by atoms with E-state index in [1.807, 2.05) is 54.6 Å². The van der Waals surface area contributed by atoms with Crippen LogP contribution in [0.1, 0.15) is 44.1 Å². The van der Waals surface area contributed by atoms with Crippen LogP contribution in [0.2, 0.25) is 5.02 Å². The van der Waals surface area contributed by atoms with Crippen LogP contribution in [0.15, 0.2) is 78.9 Å². The van der Waals surface area contributed by atoms with E-state index >= 15 is 0 Å². The van der Waals surface area contributed by atoms with Crippen molar-refractivity contribution in [2.75, 3.05) is 0 Å². The highest BCUT2D eigenvalue weighted by Gasteiger charge is 2.51. The molecule has 4 aliphatic rings. The second kappa shape index (κ2) is 8.27. The Morgan fingerprint density at radius 2 is 0.971 bits per heavy atom. The van der Waals surface area contributed by atoms with E-state index in [1.165, 1.54) is 44.1 Å². The van der Waals surface area contributed by atoms with Crippen molar-refractivity contribution in [2.24, 2.45) is 17.8 Å². The summed E-state index contributed by atoms with van der Waals surface area (Å²) in [4.78, 5) is 14.6. The third-order valence-corrected chi connectivity index (χ3v) is 8.82. The molecule has 0 atom stereocenters.